The third-order valence-electron chi connectivity index (χ3n) is 6.66. The van der Waals surface area contributed by atoms with Crippen LogP contribution in [0.25, 0.3) is 0 Å². The molecule has 2 aliphatic heterocycles. The second-order valence-electron chi connectivity index (χ2n) is 8.71. The minimum atomic E-state index is -1.23. The van der Waals surface area contributed by atoms with Crippen molar-refractivity contribution in [2.24, 2.45) is 11.8 Å². The Balaban J connectivity index is 1.81. The molecule has 1 amide bonds. The lowest BCUT2D eigenvalue weighted by atomic mass is 9.78. The minimum absolute atomic E-state index is 0.0512. The Hall–Kier alpha value is -4.27. The van der Waals surface area contributed by atoms with Gasteiger partial charge in [0, 0.05) is 30.6 Å². The number of nitriles is 1. The smallest absolute Gasteiger partial charge is 0.310 e. The van der Waals surface area contributed by atoms with E-state index in [1.54, 1.807) is 24.0 Å². The van der Waals surface area contributed by atoms with Crippen LogP contribution in [0.15, 0.2) is 16.9 Å². The maximum atomic E-state index is 13.5. The van der Waals surface area contributed by atoms with Crippen molar-refractivity contribution in [3.8, 4) is 23.3 Å². The largest absolute Gasteiger partial charge is 0.496 e. The number of piperidine rings is 1. The Morgan fingerprint density at radius 1 is 1.16 bits per heavy atom. The summed E-state index contributed by atoms with van der Waals surface area (Å²) < 4.78 is 21.5. The van der Waals surface area contributed by atoms with Crippen LogP contribution in [0.1, 0.15) is 36.8 Å². The van der Waals surface area contributed by atoms with E-state index >= 15 is 0 Å². The van der Waals surface area contributed by atoms with Gasteiger partial charge in [0.05, 0.1) is 45.5 Å². The molecule has 12 nitrogen and oxygen atoms in total. The van der Waals surface area contributed by atoms with Crippen LogP contribution in [-0.2, 0) is 14.3 Å². The van der Waals surface area contributed by atoms with Crippen LogP contribution in [0.5, 0.6) is 17.2 Å². The summed E-state index contributed by atoms with van der Waals surface area (Å²) in [5, 5.41) is 12.5. The van der Waals surface area contributed by atoms with Gasteiger partial charge >= 0.3 is 5.97 Å². The normalized spacial score (nSPS) is 20.8. The van der Waals surface area contributed by atoms with E-state index in [1.165, 1.54) is 21.3 Å². The number of hydrogen-bond acceptors (Lipinski definition) is 10. The van der Waals surface area contributed by atoms with Gasteiger partial charge in [0.2, 0.25) is 11.9 Å². The van der Waals surface area contributed by atoms with E-state index in [0.29, 0.717) is 48.7 Å². The van der Waals surface area contributed by atoms with Crippen LogP contribution in [-0.4, -0.2) is 62.9 Å². The number of rotatable bonds is 7. The van der Waals surface area contributed by atoms with Crippen molar-refractivity contribution in [3.63, 3.8) is 0 Å². The quantitative estimate of drug-likeness (QED) is 0.526. The van der Waals surface area contributed by atoms with Crippen LogP contribution in [0.2, 0.25) is 0 Å². The number of nitrogens with one attached hydrogen (secondary N) is 2. The maximum absolute atomic E-state index is 13.5. The number of nitrogens with zero attached hydrogens (tertiary/aromatic N) is 3. The van der Waals surface area contributed by atoms with Crippen molar-refractivity contribution in [2.75, 3.05) is 51.2 Å². The molecule has 3 heterocycles. The Labute approximate surface area is 213 Å². The average molecular weight is 512 g/mol. The molecule has 3 atom stereocenters. The summed E-state index contributed by atoms with van der Waals surface area (Å²) in [7, 11) is 4.37. The van der Waals surface area contributed by atoms with E-state index in [-0.39, 0.29) is 35.8 Å². The van der Waals surface area contributed by atoms with Crippen molar-refractivity contribution in [3.05, 3.63) is 33.6 Å². The zero-order chi connectivity index (χ0) is 26.7. The Morgan fingerprint density at radius 3 is 2.51 bits per heavy atom. The van der Waals surface area contributed by atoms with Crippen molar-refractivity contribution < 1.29 is 28.5 Å². The van der Waals surface area contributed by atoms with E-state index < -0.39 is 23.3 Å². The first-order valence-corrected chi connectivity index (χ1v) is 11.9. The lowest BCUT2D eigenvalue weighted by Gasteiger charge is -2.34. The van der Waals surface area contributed by atoms with E-state index in [1.807, 2.05) is 6.07 Å². The molecule has 0 saturated carbocycles. The topological polar surface area (TPSA) is 156 Å². The molecule has 37 heavy (non-hydrogen) atoms. The molecule has 1 saturated heterocycles. The highest BCUT2D eigenvalue weighted by atomic mass is 16.5. The van der Waals surface area contributed by atoms with Gasteiger partial charge in [-0.2, -0.15) is 10.2 Å². The summed E-state index contributed by atoms with van der Waals surface area (Å²) in [5.74, 6) is -2.11. The summed E-state index contributed by atoms with van der Waals surface area (Å²) in [6.07, 6.45) is 1.38. The molecule has 2 aromatic rings. The third-order valence-corrected chi connectivity index (χ3v) is 6.66. The average Bonchev–Trinajstić information content (AvgIpc) is 2.91. The molecule has 1 aromatic heterocycles. The van der Waals surface area contributed by atoms with Crippen LogP contribution >= 0.6 is 0 Å². The first-order valence-electron chi connectivity index (χ1n) is 11.9. The number of benzene rings is 1. The van der Waals surface area contributed by atoms with E-state index in [2.05, 4.69) is 15.3 Å². The fraction of sp³-hybridized carbons (Fsp3) is 0.480. The molecule has 3 unspecified atom stereocenters. The molecule has 2 N–H and O–H groups in total. The van der Waals surface area contributed by atoms with Gasteiger partial charge in [-0.05, 0) is 25.8 Å². The number of fused-ring (bicyclic) bond motifs is 1. The van der Waals surface area contributed by atoms with Crippen LogP contribution in [0.4, 0.5) is 11.8 Å². The fourth-order valence-corrected chi connectivity index (χ4v) is 4.90. The molecule has 196 valence electrons. The number of methoxy groups -OCH3 is 3. The maximum Gasteiger partial charge on any atom is 0.310 e. The van der Waals surface area contributed by atoms with Crippen LogP contribution in [0, 0.1) is 23.2 Å². The highest BCUT2D eigenvalue weighted by Gasteiger charge is 2.42. The molecule has 4 rings (SSSR count). The summed E-state index contributed by atoms with van der Waals surface area (Å²) in [5.41, 5.74) is 0.0166. The summed E-state index contributed by atoms with van der Waals surface area (Å²) in [6, 6.07) is 5.19. The number of esters is 1. The molecule has 0 radical (unpaired) electrons. The Kier molecular flexibility index (Phi) is 7.52. The molecular formula is C25H29N5O7. The molecule has 0 bridgehead atoms. The van der Waals surface area contributed by atoms with Gasteiger partial charge in [0.15, 0.2) is 11.5 Å². The fourth-order valence-electron chi connectivity index (χ4n) is 4.90. The van der Waals surface area contributed by atoms with Crippen molar-refractivity contribution >= 4 is 23.6 Å². The Bertz CT molecular complexity index is 1300. The second-order valence-corrected chi connectivity index (χ2v) is 8.71. The minimum Gasteiger partial charge on any atom is -0.496 e. The van der Waals surface area contributed by atoms with E-state index in [9.17, 15) is 19.6 Å². The van der Waals surface area contributed by atoms with Gasteiger partial charge in [0.1, 0.15) is 17.5 Å². The third kappa shape index (κ3) is 4.76. The SMILES string of the molecule is CCOC(=O)C1CCCN(c2nc3c(c(=O)[nH]2)C(c2cc(OC)c(OC)cc2OC)C(C#N)C(=O)N3)C1. The number of carbonyl (C=O) groups excluding carboxylic acids is 2. The lowest BCUT2D eigenvalue weighted by molar-refractivity contribution is -0.148. The van der Waals surface area contributed by atoms with Crippen molar-refractivity contribution in [1.29, 1.82) is 5.26 Å². The standard InChI is InChI=1S/C25H29N5O7/c1-5-37-24(33)13-7-6-8-30(12-13)25-28-21-20(23(32)29-25)19(15(11-26)22(31)27-21)14-9-17(35-3)18(36-4)10-16(14)34-2/h9-10,13,15,19H,5-8,12H2,1-4H3,(H2,27,28,29,31,32). The van der Waals surface area contributed by atoms with Gasteiger partial charge in [-0.3, -0.25) is 19.4 Å². The first-order chi connectivity index (χ1) is 17.9. The number of aromatic amines is 1. The zero-order valence-electron chi connectivity index (χ0n) is 21.1. The van der Waals surface area contributed by atoms with Gasteiger partial charge in [-0.15, -0.1) is 0 Å². The molecule has 1 fully saturated rings. The Morgan fingerprint density at radius 2 is 1.86 bits per heavy atom. The van der Waals surface area contributed by atoms with Crippen molar-refractivity contribution in [2.45, 2.75) is 25.7 Å². The van der Waals surface area contributed by atoms with Gasteiger partial charge in [-0.1, -0.05) is 0 Å². The molecule has 0 spiro atoms. The monoisotopic (exact) mass is 511 g/mol. The predicted molar refractivity (Wildman–Crippen MR) is 132 cm³/mol. The number of amides is 1. The molecule has 0 aliphatic carbocycles. The van der Waals surface area contributed by atoms with Crippen LogP contribution < -0.4 is 30.0 Å². The second kappa shape index (κ2) is 10.8. The summed E-state index contributed by atoms with van der Waals surface area (Å²) in [6.45, 7) is 2.93. The number of ether oxygens (including phenoxy) is 4. The number of carbonyl (C=O) groups is 2. The molecular weight excluding hydrogens is 482 g/mol. The number of anilines is 2. The number of aromatic nitrogens is 2. The predicted octanol–water partition coefficient (Wildman–Crippen LogP) is 1.80. The van der Waals surface area contributed by atoms with Gasteiger partial charge < -0.3 is 29.2 Å². The highest BCUT2D eigenvalue weighted by Crippen LogP contribution is 2.45. The number of H-pyrrole nitrogens is 1. The molecule has 1 aromatic carbocycles. The van der Waals surface area contributed by atoms with Gasteiger partial charge in [-0.25, -0.2) is 0 Å². The molecule has 2 aliphatic rings. The van der Waals surface area contributed by atoms with E-state index in [4.69, 9.17) is 18.9 Å². The first kappa shape index (κ1) is 25.8. The summed E-state index contributed by atoms with van der Waals surface area (Å²) >= 11 is 0. The van der Waals surface area contributed by atoms with Crippen molar-refractivity contribution in [1.82, 2.24) is 9.97 Å². The molecule has 12 heteroatoms. The van der Waals surface area contributed by atoms with Gasteiger partial charge in [0.25, 0.3) is 5.56 Å². The lowest BCUT2D eigenvalue weighted by Crippen LogP contribution is -2.43. The highest BCUT2D eigenvalue weighted by molar-refractivity contribution is 5.98. The summed E-state index contributed by atoms with van der Waals surface area (Å²) in [4.78, 5) is 47.9. The zero-order valence-corrected chi connectivity index (χ0v) is 21.1. The van der Waals surface area contributed by atoms with E-state index in [0.717, 1.165) is 0 Å². The van der Waals surface area contributed by atoms with Crippen LogP contribution in [0.3, 0.4) is 0 Å². The number of hydrogen-bond donors (Lipinski definition) is 2.